The van der Waals surface area contributed by atoms with Crippen LogP contribution in [0.4, 0.5) is 0 Å². The Balaban J connectivity index is 0.00000242. The summed E-state index contributed by atoms with van der Waals surface area (Å²) in [6, 6.07) is 8.75. The number of nitrogens with two attached hydrogens (primary N) is 1. The van der Waals surface area contributed by atoms with E-state index in [9.17, 15) is 0 Å². The Hall–Kier alpha value is -0.490. The number of hydrogen-bond acceptors (Lipinski definition) is 1. The zero-order valence-corrected chi connectivity index (χ0v) is 16.8. The molecule has 22 heavy (non-hydrogen) atoms. The van der Waals surface area contributed by atoms with E-state index in [1.165, 1.54) is 18.4 Å². The van der Waals surface area contributed by atoms with E-state index >= 15 is 0 Å². The van der Waals surface area contributed by atoms with Crippen molar-refractivity contribution in [1.29, 1.82) is 0 Å². The van der Waals surface area contributed by atoms with Crippen molar-refractivity contribution in [3.05, 3.63) is 34.9 Å². The topological polar surface area (TPSA) is 41.6 Å². The third-order valence-electron chi connectivity index (χ3n) is 4.81. The molecule has 2 N–H and O–H groups in total. The van der Waals surface area contributed by atoms with Gasteiger partial charge >= 0.3 is 0 Å². The molecule has 0 amide bonds. The van der Waals surface area contributed by atoms with Crippen LogP contribution >= 0.6 is 35.6 Å². The minimum absolute atomic E-state index is 0. The highest BCUT2D eigenvalue weighted by Crippen LogP contribution is 2.33. The molecule has 1 aliphatic carbocycles. The van der Waals surface area contributed by atoms with Crippen molar-refractivity contribution in [3.8, 4) is 0 Å². The Morgan fingerprint density at radius 1 is 1.27 bits per heavy atom. The van der Waals surface area contributed by atoms with Crippen LogP contribution in [0.5, 0.6) is 0 Å². The van der Waals surface area contributed by atoms with Crippen molar-refractivity contribution in [2.45, 2.75) is 51.0 Å². The van der Waals surface area contributed by atoms with Crippen LogP contribution in [0.1, 0.15) is 45.1 Å². The second-order valence-corrected chi connectivity index (χ2v) is 6.45. The van der Waals surface area contributed by atoms with Crippen molar-refractivity contribution in [3.63, 3.8) is 0 Å². The lowest BCUT2D eigenvalue weighted by Crippen LogP contribution is -2.38. The number of nitrogens with zero attached hydrogens (tertiary/aromatic N) is 2. The third-order valence-corrected chi connectivity index (χ3v) is 5.06. The standard InChI is InChI=1S/C17H26ClN3.HI/c1-4-17(5-2,13-6-8-14(18)9-7-13)12-20-16(19)21(3)15-10-11-15;/h6-9,15H,4-5,10-12H2,1-3H3,(H2,19,20);1H. The first-order valence-electron chi connectivity index (χ1n) is 7.81. The summed E-state index contributed by atoms with van der Waals surface area (Å²) in [6.07, 6.45) is 4.54. The molecule has 0 heterocycles. The summed E-state index contributed by atoms with van der Waals surface area (Å²) < 4.78 is 0. The van der Waals surface area contributed by atoms with E-state index in [-0.39, 0.29) is 29.4 Å². The Bertz CT molecular complexity index is 493. The average molecular weight is 436 g/mol. The van der Waals surface area contributed by atoms with E-state index in [4.69, 9.17) is 17.3 Å². The minimum Gasteiger partial charge on any atom is -0.370 e. The zero-order valence-electron chi connectivity index (χ0n) is 13.7. The summed E-state index contributed by atoms with van der Waals surface area (Å²) >= 11 is 6.00. The smallest absolute Gasteiger partial charge is 0.191 e. The van der Waals surface area contributed by atoms with Gasteiger partial charge in [0.1, 0.15) is 0 Å². The maximum absolute atomic E-state index is 6.13. The molecule has 1 aliphatic rings. The van der Waals surface area contributed by atoms with Crippen LogP contribution in [-0.4, -0.2) is 30.5 Å². The quantitative estimate of drug-likeness (QED) is 0.408. The molecule has 1 aromatic rings. The summed E-state index contributed by atoms with van der Waals surface area (Å²) in [5.74, 6) is 0.665. The molecule has 3 nitrogen and oxygen atoms in total. The molecule has 0 spiro atoms. The molecule has 1 fully saturated rings. The second-order valence-electron chi connectivity index (χ2n) is 6.01. The van der Waals surface area contributed by atoms with Crippen molar-refractivity contribution in [1.82, 2.24) is 4.90 Å². The molecule has 1 aromatic carbocycles. The molecule has 2 rings (SSSR count). The highest BCUT2D eigenvalue weighted by Gasteiger charge is 2.30. The van der Waals surface area contributed by atoms with E-state index in [1.54, 1.807) is 0 Å². The predicted octanol–water partition coefficient (Wildman–Crippen LogP) is 4.42. The summed E-state index contributed by atoms with van der Waals surface area (Å²) in [4.78, 5) is 6.79. The first kappa shape index (κ1) is 19.6. The van der Waals surface area contributed by atoms with Gasteiger partial charge in [-0.3, -0.25) is 4.99 Å². The molecular weight excluding hydrogens is 409 g/mol. The Morgan fingerprint density at radius 2 is 1.82 bits per heavy atom. The molecule has 0 aromatic heterocycles. The Morgan fingerprint density at radius 3 is 2.27 bits per heavy atom. The van der Waals surface area contributed by atoms with Crippen LogP contribution in [0, 0.1) is 0 Å². The Kier molecular flexibility index (Phi) is 7.46. The molecule has 0 bridgehead atoms. The summed E-state index contributed by atoms with van der Waals surface area (Å²) in [5.41, 5.74) is 7.47. The van der Waals surface area contributed by atoms with Crippen LogP contribution < -0.4 is 5.73 Å². The van der Waals surface area contributed by atoms with Gasteiger partial charge in [-0.2, -0.15) is 0 Å². The first-order chi connectivity index (χ1) is 10.0. The first-order valence-corrected chi connectivity index (χ1v) is 8.19. The van der Waals surface area contributed by atoms with E-state index in [0.29, 0.717) is 12.0 Å². The number of rotatable bonds is 6. The average Bonchev–Trinajstić information content (AvgIpc) is 3.34. The summed E-state index contributed by atoms with van der Waals surface area (Å²) in [7, 11) is 2.04. The lowest BCUT2D eigenvalue weighted by Gasteiger charge is -2.31. The van der Waals surface area contributed by atoms with Gasteiger partial charge in [0.25, 0.3) is 0 Å². The monoisotopic (exact) mass is 435 g/mol. The highest BCUT2D eigenvalue weighted by molar-refractivity contribution is 14.0. The normalized spacial score (nSPS) is 15.4. The fourth-order valence-corrected chi connectivity index (χ4v) is 2.90. The van der Waals surface area contributed by atoms with E-state index in [0.717, 1.165) is 24.4 Å². The van der Waals surface area contributed by atoms with Crippen LogP contribution in [-0.2, 0) is 5.41 Å². The second kappa shape index (κ2) is 8.39. The van der Waals surface area contributed by atoms with Gasteiger partial charge in [0, 0.05) is 23.5 Å². The van der Waals surface area contributed by atoms with E-state index in [1.807, 2.05) is 19.2 Å². The fraction of sp³-hybridized carbons (Fsp3) is 0.588. The SMILES string of the molecule is CCC(CC)(CN=C(N)N(C)C1CC1)c1ccc(Cl)cc1.I. The van der Waals surface area contributed by atoms with Gasteiger partial charge in [0.2, 0.25) is 0 Å². The van der Waals surface area contributed by atoms with Crippen molar-refractivity contribution < 1.29 is 0 Å². The van der Waals surface area contributed by atoms with E-state index in [2.05, 4.69) is 35.9 Å². The molecule has 0 unspecified atom stereocenters. The maximum atomic E-state index is 6.13. The largest absolute Gasteiger partial charge is 0.370 e. The van der Waals surface area contributed by atoms with Gasteiger partial charge in [-0.05, 0) is 43.4 Å². The lowest BCUT2D eigenvalue weighted by molar-refractivity contribution is 0.402. The van der Waals surface area contributed by atoms with Crippen LogP contribution in [0.2, 0.25) is 5.02 Å². The molecular formula is C17H27ClIN3. The van der Waals surface area contributed by atoms with E-state index < -0.39 is 0 Å². The Labute approximate surface area is 156 Å². The zero-order chi connectivity index (χ0) is 15.5. The molecule has 5 heteroatoms. The number of halogens is 2. The molecule has 124 valence electrons. The van der Waals surface area contributed by atoms with Crippen molar-refractivity contribution >= 4 is 41.5 Å². The fourth-order valence-electron chi connectivity index (χ4n) is 2.77. The summed E-state index contributed by atoms with van der Waals surface area (Å²) in [5, 5.41) is 0.774. The van der Waals surface area contributed by atoms with Crippen molar-refractivity contribution in [2.24, 2.45) is 10.7 Å². The van der Waals surface area contributed by atoms with Crippen LogP contribution in [0.25, 0.3) is 0 Å². The van der Waals surface area contributed by atoms with Gasteiger partial charge < -0.3 is 10.6 Å². The number of hydrogen-bond donors (Lipinski definition) is 1. The molecule has 0 saturated heterocycles. The molecule has 1 saturated carbocycles. The number of benzene rings is 1. The molecule has 0 atom stereocenters. The van der Waals surface area contributed by atoms with Crippen LogP contribution in [0.15, 0.2) is 29.3 Å². The van der Waals surface area contributed by atoms with Crippen LogP contribution in [0.3, 0.4) is 0 Å². The van der Waals surface area contributed by atoms with Gasteiger partial charge in [-0.1, -0.05) is 37.6 Å². The van der Waals surface area contributed by atoms with Gasteiger partial charge in [0.15, 0.2) is 5.96 Å². The highest BCUT2D eigenvalue weighted by atomic mass is 127. The van der Waals surface area contributed by atoms with Crippen molar-refractivity contribution in [2.75, 3.05) is 13.6 Å². The molecule has 0 aliphatic heterocycles. The number of guanidine groups is 1. The predicted molar refractivity (Wildman–Crippen MR) is 106 cm³/mol. The molecule has 0 radical (unpaired) electrons. The minimum atomic E-state index is 0. The van der Waals surface area contributed by atoms with Gasteiger partial charge in [-0.15, -0.1) is 24.0 Å². The maximum Gasteiger partial charge on any atom is 0.191 e. The van der Waals surface area contributed by atoms with Gasteiger partial charge in [0.05, 0.1) is 6.54 Å². The lowest BCUT2D eigenvalue weighted by atomic mass is 9.76. The third kappa shape index (κ3) is 4.51. The number of aliphatic imine (C=N–C) groups is 1. The summed E-state index contributed by atoms with van der Waals surface area (Å²) in [6.45, 7) is 5.16. The van der Waals surface area contributed by atoms with Gasteiger partial charge in [-0.25, -0.2) is 0 Å².